The summed E-state index contributed by atoms with van der Waals surface area (Å²) in [6.45, 7) is 5.49. The minimum atomic E-state index is -0.179. The monoisotopic (exact) mass is 300 g/mol. The summed E-state index contributed by atoms with van der Waals surface area (Å²) in [5.41, 5.74) is 0.539. The number of fused-ring (bicyclic) bond motifs is 14. The third-order valence-corrected chi connectivity index (χ3v) is 8.25. The molecule has 0 spiro atoms. The second kappa shape index (κ2) is 3.80. The Bertz CT molecular complexity index is 583. The van der Waals surface area contributed by atoms with E-state index in [-0.39, 0.29) is 12.1 Å². The fourth-order valence-corrected chi connectivity index (χ4v) is 7.88. The SMILES string of the molecule is C=C(C)C(=O)OC1CC2CC1C1C3CC(C4CC5OC5C43)C21. The van der Waals surface area contributed by atoms with Gasteiger partial charge in [0.05, 0.1) is 12.2 Å². The minimum absolute atomic E-state index is 0.172. The van der Waals surface area contributed by atoms with Crippen molar-refractivity contribution in [1.29, 1.82) is 0 Å². The van der Waals surface area contributed by atoms with Crippen molar-refractivity contribution in [2.45, 2.75) is 50.9 Å². The van der Waals surface area contributed by atoms with E-state index in [2.05, 4.69) is 6.58 Å². The molecule has 118 valence electrons. The van der Waals surface area contributed by atoms with Crippen LogP contribution in [0.5, 0.6) is 0 Å². The molecule has 0 amide bonds. The summed E-state index contributed by atoms with van der Waals surface area (Å²) in [7, 11) is 0. The molecule has 11 atom stereocenters. The molecule has 0 aromatic heterocycles. The Morgan fingerprint density at radius 2 is 1.82 bits per heavy atom. The predicted molar refractivity (Wildman–Crippen MR) is 79.7 cm³/mol. The first-order chi connectivity index (χ1) is 10.6. The van der Waals surface area contributed by atoms with Crippen molar-refractivity contribution >= 4 is 5.97 Å². The zero-order valence-electron chi connectivity index (χ0n) is 13.1. The Morgan fingerprint density at radius 1 is 1.00 bits per heavy atom. The number of carbonyl (C=O) groups is 1. The van der Waals surface area contributed by atoms with Crippen LogP contribution in [0, 0.1) is 47.3 Å². The van der Waals surface area contributed by atoms with Gasteiger partial charge in [0.1, 0.15) is 6.10 Å². The molecule has 5 aliphatic carbocycles. The van der Waals surface area contributed by atoms with Crippen molar-refractivity contribution in [1.82, 2.24) is 0 Å². The summed E-state index contributed by atoms with van der Waals surface area (Å²) in [4.78, 5) is 11.9. The first kappa shape index (κ1) is 12.6. The van der Waals surface area contributed by atoms with Gasteiger partial charge in [0.2, 0.25) is 0 Å². The highest BCUT2D eigenvalue weighted by molar-refractivity contribution is 5.87. The predicted octanol–water partition coefficient (Wildman–Crippen LogP) is 2.80. The van der Waals surface area contributed by atoms with E-state index < -0.39 is 0 Å². The van der Waals surface area contributed by atoms with Crippen LogP contribution in [0.2, 0.25) is 0 Å². The third-order valence-electron chi connectivity index (χ3n) is 8.25. The molecular formula is C19H24O3. The van der Waals surface area contributed by atoms with Gasteiger partial charge in [0.25, 0.3) is 0 Å². The number of rotatable bonds is 2. The Morgan fingerprint density at radius 3 is 2.64 bits per heavy atom. The fourth-order valence-electron chi connectivity index (χ4n) is 7.88. The molecule has 6 aliphatic rings. The lowest BCUT2D eigenvalue weighted by Crippen LogP contribution is -2.43. The smallest absolute Gasteiger partial charge is 0.333 e. The van der Waals surface area contributed by atoms with Crippen molar-refractivity contribution in [2.24, 2.45) is 47.3 Å². The highest BCUT2D eigenvalue weighted by atomic mass is 16.6. The number of esters is 1. The van der Waals surface area contributed by atoms with E-state index in [1.807, 2.05) is 0 Å². The number of ether oxygens (including phenoxy) is 2. The zero-order valence-corrected chi connectivity index (χ0v) is 13.1. The van der Waals surface area contributed by atoms with Crippen LogP contribution in [0.3, 0.4) is 0 Å². The lowest BCUT2D eigenvalue weighted by atomic mass is 9.63. The van der Waals surface area contributed by atoms with Crippen LogP contribution in [0.25, 0.3) is 0 Å². The lowest BCUT2D eigenvalue weighted by molar-refractivity contribution is -0.150. The van der Waals surface area contributed by atoms with Crippen molar-refractivity contribution in [3.63, 3.8) is 0 Å². The summed E-state index contributed by atoms with van der Waals surface area (Å²) in [5.74, 6) is 6.74. The molecule has 0 aromatic carbocycles. The normalized spacial score (nSPS) is 61.8. The van der Waals surface area contributed by atoms with Crippen molar-refractivity contribution < 1.29 is 14.3 Å². The van der Waals surface area contributed by atoms with E-state index in [4.69, 9.17) is 9.47 Å². The van der Waals surface area contributed by atoms with Crippen molar-refractivity contribution in [2.75, 3.05) is 0 Å². The summed E-state index contributed by atoms with van der Waals surface area (Å²) in [6.07, 6.45) is 6.63. The Labute approximate surface area is 131 Å². The first-order valence-corrected chi connectivity index (χ1v) is 9.15. The number of carbonyl (C=O) groups excluding carboxylic acids is 1. The van der Waals surface area contributed by atoms with E-state index in [1.165, 1.54) is 19.3 Å². The standard InChI is InChI=1S/C19H24O3/c1-7(2)19(20)22-13-4-8-3-11(13)16-12-5-9(15(8)16)10-6-14-18(21-14)17(10)12/h8-18H,1,3-6H2,2H3. The molecule has 5 saturated carbocycles. The van der Waals surface area contributed by atoms with Gasteiger partial charge in [-0.2, -0.15) is 0 Å². The van der Waals surface area contributed by atoms with E-state index in [0.717, 1.165) is 47.8 Å². The van der Waals surface area contributed by atoms with Crippen LogP contribution >= 0.6 is 0 Å². The van der Waals surface area contributed by atoms with Gasteiger partial charge in [-0.3, -0.25) is 0 Å². The largest absolute Gasteiger partial charge is 0.459 e. The van der Waals surface area contributed by atoms with Gasteiger partial charge in [0.15, 0.2) is 0 Å². The molecule has 6 rings (SSSR count). The van der Waals surface area contributed by atoms with Crippen molar-refractivity contribution in [3.05, 3.63) is 12.2 Å². The van der Waals surface area contributed by atoms with Gasteiger partial charge in [-0.25, -0.2) is 4.79 Å². The second-order valence-corrected chi connectivity index (χ2v) is 8.95. The molecule has 4 bridgehead atoms. The summed E-state index contributed by atoms with van der Waals surface area (Å²) >= 11 is 0. The molecule has 6 fully saturated rings. The molecule has 0 aromatic rings. The molecule has 0 radical (unpaired) electrons. The van der Waals surface area contributed by atoms with Gasteiger partial charge in [-0.1, -0.05) is 6.58 Å². The molecule has 1 heterocycles. The van der Waals surface area contributed by atoms with Gasteiger partial charge in [-0.15, -0.1) is 0 Å². The number of hydrogen-bond donors (Lipinski definition) is 0. The second-order valence-electron chi connectivity index (χ2n) is 8.95. The molecule has 1 aliphatic heterocycles. The maximum atomic E-state index is 11.9. The molecule has 11 unspecified atom stereocenters. The molecule has 1 saturated heterocycles. The molecule has 3 heteroatoms. The van der Waals surface area contributed by atoms with Crippen LogP contribution in [-0.2, 0) is 14.3 Å². The van der Waals surface area contributed by atoms with E-state index in [1.54, 1.807) is 6.92 Å². The highest BCUT2D eigenvalue weighted by Gasteiger charge is 2.73. The maximum absolute atomic E-state index is 11.9. The molecule has 22 heavy (non-hydrogen) atoms. The maximum Gasteiger partial charge on any atom is 0.333 e. The van der Waals surface area contributed by atoms with Gasteiger partial charge in [0, 0.05) is 5.57 Å². The van der Waals surface area contributed by atoms with Crippen LogP contribution in [0.15, 0.2) is 12.2 Å². The Kier molecular flexibility index (Phi) is 2.17. The van der Waals surface area contributed by atoms with E-state index in [0.29, 0.717) is 23.7 Å². The van der Waals surface area contributed by atoms with Crippen LogP contribution < -0.4 is 0 Å². The zero-order chi connectivity index (χ0) is 14.7. The average molecular weight is 300 g/mol. The van der Waals surface area contributed by atoms with E-state index in [9.17, 15) is 4.79 Å². The van der Waals surface area contributed by atoms with Gasteiger partial charge >= 0.3 is 5.97 Å². The van der Waals surface area contributed by atoms with Gasteiger partial charge in [-0.05, 0) is 80.0 Å². The lowest BCUT2D eigenvalue weighted by Gasteiger charge is -2.43. The van der Waals surface area contributed by atoms with Crippen LogP contribution in [0.1, 0.15) is 32.6 Å². The quantitative estimate of drug-likeness (QED) is 0.341. The van der Waals surface area contributed by atoms with Crippen LogP contribution in [-0.4, -0.2) is 24.3 Å². The summed E-state index contributed by atoms with van der Waals surface area (Å²) in [6, 6.07) is 0. The Balaban J connectivity index is 1.28. The van der Waals surface area contributed by atoms with Gasteiger partial charge < -0.3 is 9.47 Å². The average Bonchev–Trinajstić information content (AvgIpc) is 2.95. The fraction of sp³-hybridized carbons (Fsp3) is 0.842. The number of hydrogen-bond acceptors (Lipinski definition) is 3. The number of epoxide rings is 1. The Hall–Kier alpha value is -0.830. The topological polar surface area (TPSA) is 38.8 Å². The molecular weight excluding hydrogens is 276 g/mol. The highest BCUT2D eigenvalue weighted by Crippen LogP contribution is 2.75. The first-order valence-electron chi connectivity index (χ1n) is 9.15. The van der Waals surface area contributed by atoms with Crippen molar-refractivity contribution in [3.8, 4) is 0 Å². The van der Waals surface area contributed by atoms with E-state index >= 15 is 0 Å². The minimum Gasteiger partial charge on any atom is -0.459 e. The third kappa shape index (κ3) is 1.32. The van der Waals surface area contributed by atoms with Crippen LogP contribution in [0.4, 0.5) is 0 Å². The molecule has 3 nitrogen and oxygen atoms in total. The molecule has 0 N–H and O–H groups in total. The summed E-state index contributed by atoms with van der Waals surface area (Å²) < 4.78 is 11.7. The summed E-state index contributed by atoms with van der Waals surface area (Å²) in [5, 5.41) is 0.